The number of hydrogen-bond acceptors (Lipinski definition) is 5. The number of rotatable bonds is 5. The highest BCUT2D eigenvalue weighted by molar-refractivity contribution is 5.83. The monoisotopic (exact) mass is 364 g/mol. The first kappa shape index (κ1) is 18.9. The van der Waals surface area contributed by atoms with Gasteiger partial charge in [0.25, 0.3) is 5.69 Å². The van der Waals surface area contributed by atoms with Crippen molar-refractivity contribution in [2.24, 2.45) is 0 Å². The molecule has 9 heteroatoms. The van der Waals surface area contributed by atoms with Crippen molar-refractivity contribution in [2.75, 3.05) is 0 Å². The van der Waals surface area contributed by atoms with E-state index in [-0.39, 0.29) is 6.61 Å². The number of benzene rings is 2. The van der Waals surface area contributed by atoms with E-state index in [9.17, 15) is 33.3 Å². The second-order valence-electron chi connectivity index (χ2n) is 5.18. The molecular formula is C17H11F3N2O4. The third-order valence-electron chi connectivity index (χ3n) is 3.45. The number of nitriles is 1. The largest absolute Gasteiger partial charge is 0.460 e. The van der Waals surface area contributed by atoms with Gasteiger partial charge < -0.3 is 4.74 Å². The van der Waals surface area contributed by atoms with Gasteiger partial charge in [-0.15, -0.1) is 0 Å². The number of carbonyl (C=O) groups is 1. The normalized spacial score (nSPS) is 12.1. The lowest BCUT2D eigenvalue weighted by Gasteiger charge is -2.12. The lowest BCUT2D eigenvalue weighted by atomic mass is 9.97. The van der Waals surface area contributed by atoms with E-state index in [0.29, 0.717) is 17.7 Å². The SMILES string of the molecule is N#CC(C(=O)OCc1ccccc1)c1ccc(C(F)(F)F)cc1[N+](=O)[O-]. The van der Waals surface area contributed by atoms with Gasteiger partial charge in [0.2, 0.25) is 0 Å². The fourth-order valence-electron chi connectivity index (χ4n) is 2.18. The summed E-state index contributed by atoms with van der Waals surface area (Å²) in [6.07, 6.45) is -4.79. The summed E-state index contributed by atoms with van der Waals surface area (Å²) >= 11 is 0. The van der Waals surface area contributed by atoms with Crippen molar-refractivity contribution in [1.82, 2.24) is 0 Å². The van der Waals surface area contributed by atoms with Gasteiger partial charge in [-0.1, -0.05) is 30.3 Å². The third kappa shape index (κ3) is 4.36. The Bertz CT molecular complexity index is 861. The van der Waals surface area contributed by atoms with Crippen LogP contribution in [0.1, 0.15) is 22.6 Å². The molecule has 0 aromatic heterocycles. The van der Waals surface area contributed by atoms with E-state index in [1.54, 1.807) is 36.4 Å². The molecule has 2 aromatic carbocycles. The molecule has 0 radical (unpaired) electrons. The molecule has 0 bridgehead atoms. The third-order valence-corrected chi connectivity index (χ3v) is 3.45. The number of alkyl halides is 3. The standard InChI is InChI=1S/C17H11F3N2O4/c18-17(19,20)12-6-7-13(15(8-12)22(24)25)14(9-21)16(23)26-10-11-4-2-1-3-5-11/h1-8,14H,10H2. The molecule has 0 aliphatic rings. The van der Waals surface area contributed by atoms with Gasteiger partial charge in [0.15, 0.2) is 5.92 Å². The molecule has 0 N–H and O–H groups in total. The number of hydrogen-bond donors (Lipinski definition) is 0. The van der Waals surface area contributed by atoms with E-state index in [1.165, 1.54) is 0 Å². The first-order chi connectivity index (χ1) is 12.2. The molecule has 0 amide bonds. The maximum atomic E-state index is 12.7. The second kappa shape index (κ2) is 7.65. The Labute approximate surface area is 145 Å². The molecule has 134 valence electrons. The molecule has 0 saturated heterocycles. The predicted molar refractivity (Wildman–Crippen MR) is 82.7 cm³/mol. The van der Waals surface area contributed by atoms with Crippen LogP contribution in [0.2, 0.25) is 0 Å². The summed E-state index contributed by atoms with van der Waals surface area (Å²) in [5, 5.41) is 20.3. The van der Waals surface area contributed by atoms with Crippen molar-refractivity contribution in [3.8, 4) is 6.07 Å². The average Bonchev–Trinajstić information content (AvgIpc) is 2.60. The summed E-state index contributed by atoms with van der Waals surface area (Å²) < 4.78 is 43.2. The van der Waals surface area contributed by atoms with Crippen LogP contribution in [0.25, 0.3) is 0 Å². The number of nitro benzene ring substituents is 1. The maximum Gasteiger partial charge on any atom is 0.416 e. The van der Waals surface area contributed by atoms with E-state index in [2.05, 4.69) is 0 Å². The summed E-state index contributed by atoms with van der Waals surface area (Å²) in [7, 11) is 0. The molecule has 2 rings (SSSR count). The minimum absolute atomic E-state index is 0.174. The molecule has 0 spiro atoms. The summed E-state index contributed by atoms with van der Waals surface area (Å²) in [6.45, 7) is -0.174. The van der Waals surface area contributed by atoms with E-state index >= 15 is 0 Å². The quantitative estimate of drug-likeness (QED) is 0.455. The summed E-state index contributed by atoms with van der Waals surface area (Å²) in [6, 6.07) is 11.6. The highest BCUT2D eigenvalue weighted by Gasteiger charge is 2.36. The molecule has 2 aromatic rings. The van der Waals surface area contributed by atoms with Gasteiger partial charge in [-0.3, -0.25) is 14.9 Å². The first-order valence-electron chi connectivity index (χ1n) is 7.19. The average molecular weight is 364 g/mol. The van der Waals surface area contributed by atoms with Gasteiger partial charge in [-0.25, -0.2) is 0 Å². The van der Waals surface area contributed by atoms with Crippen LogP contribution in [0.4, 0.5) is 18.9 Å². The molecule has 0 aliphatic carbocycles. The summed E-state index contributed by atoms with van der Waals surface area (Å²) in [5.74, 6) is -2.80. The zero-order valence-corrected chi connectivity index (χ0v) is 13.1. The van der Waals surface area contributed by atoms with E-state index in [0.717, 1.165) is 6.07 Å². The first-order valence-corrected chi connectivity index (χ1v) is 7.19. The topological polar surface area (TPSA) is 93.2 Å². The second-order valence-corrected chi connectivity index (χ2v) is 5.18. The van der Waals surface area contributed by atoms with Gasteiger partial charge in [-0.05, 0) is 17.7 Å². The highest BCUT2D eigenvalue weighted by Crippen LogP contribution is 2.35. The number of nitrogens with zero attached hydrogens (tertiary/aromatic N) is 2. The van der Waals surface area contributed by atoms with Crippen LogP contribution < -0.4 is 0 Å². The van der Waals surface area contributed by atoms with Crippen molar-refractivity contribution in [3.05, 3.63) is 75.3 Å². The number of ether oxygens (including phenoxy) is 1. The fraction of sp³-hybridized carbons (Fsp3) is 0.176. The van der Waals surface area contributed by atoms with Crippen LogP contribution in [0.5, 0.6) is 0 Å². The van der Waals surface area contributed by atoms with Crippen molar-refractivity contribution < 1.29 is 27.6 Å². The molecule has 0 saturated carbocycles. The molecule has 1 unspecified atom stereocenters. The number of nitro groups is 1. The Hall–Kier alpha value is -3.41. The van der Waals surface area contributed by atoms with Crippen molar-refractivity contribution >= 4 is 11.7 Å². The molecular weight excluding hydrogens is 353 g/mol. The van der Waals surface area contributed by atoms with Crippen molar-refractivity contribution in [1.29, 1.82) is 5.26 Å². The van der Waals surface area contributed by atoms with Crippen molar-refractivity contribution in [2.45, 2.75) is 18.7 Å². The fourth-order valence-corrected chi connectivity index (χ4v) is 2.18. The predicted octanol–water partition coefficient (Wildman–Crippen LogP) is 3.96. The molecule has 0 fully saturated rings. The van der Waals surface area contributed by atoms with Crippen LogP contribution in [0.3, 0.4) is 0 Å². The Balaban J connectivity index is 2.30. The van der Waals surface area contributed by atoms with Crippen LogP contribution in [-0.2, 0) is 22.3 Å². The minimum Gasteiger partial charge on any atom is -0.460 e. The van der Waals surface area contributed by atoms with Crippen LogP contribution in [0.15, 0.2) is 48.5 Å². The molecule has 0 heterocycles. The Kier molecular flexibility index (Phi) is 5.57. The van der Waals surface area contributed by atoms with Crippen LogP contribution in [0, 0.1) is 21.4 Å². The molecule has 26 heavy (non-hydrogen) atoms. The zero-order valence-electron chi connectivity index (χ0n) is 13.1. The van der Waals surface area contributed by atoms with E-state index in [4.69, 9.17) is 4.74 Å². The van der Waals surface area contributed by atoms with Gasteiger partial charge in [0.1, 0.15) is 6.61 Å². The number of carbonyl (C=O) groups excluding carboxylic acids is 1. The number of esters is 1. The zero-order chi connectivity index (χ0) is 19.3. The smallest absolute Gasteiger partial charge is 0.416 e. The van der Waals surface area contributed by atoms with Gasteiger partial charge in [0.05, 0.1) is 22.1 Å². The van der Waals surface area contributed by atoms with Gasteiger partial charge in [0, 0.05) is 6.07 Å². The lowest BCUT2D eigenvalue weighted by molar-refractivity contribution is -0.385. The van der Waals surface area contributed by atoms with Crippen LogP contribution >= 0.6 is 0 Å². The Morgan fingerprint density at radius 3 is 2.42 bits per heavy atom. The number of halogens is 3. The Morgan fingerprint density at radius 1 is 1.23 bits per heavy atom. The molecule has 0 aliphatic heterocycles. The summed E-state index contributed by atoms with van der Waals surface area (Å²) in [5.41, 5.74) is -2.05. The van der Waals surface area contributed by atoms with E-state index in [1.807, 2.05) is 0 Å². The van der Waals surface area contributed by atoms with Crippen LogP contribution in [-0.4, -0.2) is 10.9 Å². The maximum absolute atomic E-state index is 12.7. The minimum atomic E-state index is -4.79. The van der Waals surface area contributed by atoms with Gasteiger partial charge >= 0.3 is 12.1 Å². The lowest BCUT2D eigenvalue weighted by Crippen LogP contribution is -2.16. The Morgan fingerprint density at radius 2 is 1.88 bits per heavy atom. The molecule has 6 nitrogen and oxygen atoms in total. The van der Waals surface area contributed by atoms with E-state index < -0.39 is 39.8 Å². The summed E-state index contributed by atoms with van der Waals surface area (Å²) in [4.78, 5) is 22.1. The molecule has 1 atom stereocenters. The van der Waals surface area contributed by atoms with Gasteiger partial charge in [-0.2, -0.15) is 18.4 Å². The highest BCUT2D eigenvalue weighted by atomic mass is 19.4. The van der Waals surface area contributed by atoms with Crippen molar-refractivity contribution in [3.63, 3.8) is 0 Å².